The van der Waals surface area contributed by atoms with Crippen molar-refractivity contribution in [3.8, 4) is 0 Å². The molecule has 3 N–H and O–H groups in total. The van der Waals surface area contributed by atoms with Crippen LogP contribution in [0.15, 0.2) is 0 Å². The fourth-order valence-corrected chi connectivity index (χ4v) is 1.83. The molecule has 0 aromatic rings. The van der Waals surface area contributed by atoms with E-state index in [1.807, 2.05) is 0 Å². The molecule has 0 radical (unpaired) electrons. The van der Waals surface area contributed by atoms with Crippen LogP contribution < -0.4 is 11.1 Å². The molecule has 3 nitrogen and oxygen atoms in total. The first kappa shape index (κ1) is 12.4. The Labute approximate surface area is 96.8 Å². The van der Waals surface area contributed by atoms with E-state index in [2.05, 4.69) is 26.1 Å². The molecule has 1 fully saturated rings. The average molecular weight is 228 g/mol. The molecule has 1 amide bonds. The van der Waals surface area contributed by atoms with Gasteiger partial charge in [-0.3, -0.25) is 4.79 Å². The highest BCUT2D eigenvalue weighted by Gasteiger charge is 2.53. The maximum Gasteiger partial charge on any atom is 0.233 e. The Balaban J connectivity index is 2.67. The van der Waals surface area contributed by atoms with E-state index in [0.29, 0.717) is 4.99 Å². The highest BCUT2D eigenvalue weighted by Crippen LogP contribution is 2.46. The summed E-state index contributed by atoms with van der Waals surface area (Å²) < 4.78 is 0. The number of thiocarbonyl (C=S) groups is 1. The Morgan fingerprint density at radius 2 is 1.93 bits per heavy atom. The molecule has 0 aromatic carbocycles. The second-order valence-electron chi connectivity index (χ2n) is 4.67. The van der Waals surface area contributed by atoms with Gasteiger partial charge in [0, 0.05) is 5.54 Å². The number of hydrogen-bond acceptors (Lipinski definition) is 2. The lowest BCUT2D eigenvalue weighted by Crippen LogP contribution is -2.50. The second-order valence-corrected chi connectivity index (χ2v) is 5.11. The molecule has 0 heterocycles. The van der Waals surface area contributed by atoms with Gasteiger partial charge in [0.15, 0.2) is 0 Å². The Kier molecular flexibility index (Phi) is 3.38. The topological polar surface area (TPSA) is 55.1 Å². The van der Waals surface area contributed by atoms with Gasteiger partial charge in [-0.15, -0.1) is 0 Å². The van der Waals surface area contributed by atoms with Crippen LogP contribution in [0.1, 0.15) is 46.5 Å². The molecule has 1 rings (SSSR count). The Morgan fingerprint density at radius 3 is 2.20 bits per heavy atom. The van der Waals surface area contributed by atoms with Gasteiger partial charge in [-0.05, 0) is 32.6 Å². The molecule has 1 aliphatic rings. The molecule has 4 heteroatoms. The van der Waals surface area contributed by atoms with Crippen LogP contribution in [0.2, 0.25) is 0 Å². The minimum atomic E-state index is -0.527. The van der Waals surface area contributed by atoms with Crippen molar-refractivity contribution >= 4 is 23.1 Å². The SMILES string of the molecule is CCC(C)(CC)NC(=O)C1(C(N)=S)CC1. The quantitative estimate of drug-likeness (QED) is 0.705. The van der Waals surface area contributed by atoms with Crippen LogP contribution in [-0.4, -0.2) is 16.4 Å². The van der Waals surface area contributed by atoms with Gasteiger partial charge in [-0.25, -0.2) is 0 Å². The first-order valence-electron chi connectivity index (χ1n) is 5.53. The Bertz CT molecular complexity index is 280. The number of nitrogens with one attached hydrogen (secondary N) is 1. The number of amides is 1. The van der Waals surface area contributed by atoms with Crippen molar-refractivity contribution in [1.82, 2.24) is 5.32 Å². The molecule has 86 valence electrons. The third-order valence-corrected chi connectivity index (χ3v) is 4.02. The summed E-state index contributed by atoms with van der Waals surface area (Å²) in [7, 11) is 0. The zero-order chi connectivity index (χ0) is 11.7. The van der Waals surface area contributed by atoms with Gasteiger partial charge < -0.3 is 11.1 Å². The van der Waals surface area contributed by atoms with E-state index in [0.717, 1.165) is 25.7 Å². The summed E-state index contributed by atoms with van der Waals surface area (Å²) in [6, 6.07) is 0. The summed E-state index contributed by atoms with van der Waals surface area (Å²) in [5.41, 5.74) is 4.95. The Hall–Kier alpha value is -0.640. The van der Waals surface area contributed by atoms with Crippen molar-refractivity contribution in [1.29, 1.82) is 0 Å². The fourth-order valence-electron chi connectivity index (χ4n) is 1.53. The maximum absolute atomic E-state index is 12.0. The first-order chi connectivity index (χ1) is 6.90. The van der Waals surface area contributed by atoms with Crippen LogP contribution in [0, 0.1) is 5.41 Å². The molecule has 0 aromatic heterocycles. The third-order valence-electron chi connectivity index (χ3n) is 3.63. The third kappa shape index (κ3) is 2.30. The van der Waals surface area contributed by atoms with Crippen LogP contribution >= 0.6 is 12.2 Å². The zero-order valence-electron chi connectivity index (χ0n) is 9.72. The summed E-state index contributed by atoms with van der Waals surface area (Å²) >= 11 is 4.95. The van der Waals surface area contributed by atoms with Crippen LogP contribution in [0.3, 0.4) is 0 Å². The predicted octanol–water partition coefficient (Wildman–Crippen LogP) is 1.75. The van der Waals surface area contributed by atoms with Crippen molar-refractivity contribution in [2.75, 3.05) is 0 Å². The van der Waals surface area contributed by atoms with Gasteiger partial charge in [0.2, 0.25) is 5.91 Å². The summed E-state index contributed by atoms with van der Waals surface area (Å²) in [4.78, 5) is 12.4. The molecule has 0 bridgehead atoms. The Morgan fingerprint density at radius 1 is 1.47 bits per heavy atom. The number of carbonyl (C=O) groups is 1. The molecular formula is C11H20N2OS. The first-order valence-corrected chi connectivity index (χ1v) is 5.93. The van der Waals surface area contributed by atoms with Gasteiger partial charge in [0.25, 0.3) is 0 Å². The molecule has 1 saturated carbocycles. The molecule has 15 heavy (non-hydrogen) atoms. The van der Waals surface area contributed by atoms with E-state index in [1.165, 1.54) is 0 Å². The lowest BCUT2D eigenvalue weighted by molar-refractivity contribution is -0.125. The second kappa shape index (κ2) is 4.08. The normalized spacial score (nSPS) is 18.3. The standard InChI is InChI=1S/C11H20N2OS/c1-4-10(3,5-2)13-9(14)11(6-7-11)8(12)15/h4-7H2,1-3H3,(H2,12,15)(H,13,14). The van der Waals surface area contributed by atoms with Crippen LogP contribution in [0.4, 0.5) is 0 Å². The number of carbonyl (C=O) groups excluding carboxylic acids is 1. The molecular weight excluding hydrogens is 208 g/mol. The minimum Gasteiger partial charge on any atom is -0.392 e. The summed E-state index contributed by atoms with van der Waals surface area (Å²) in [5.74, 6) is 0.0150. The molecule has 0 aliphatic heterocycles. The van der Waals surface area contributed by atoms with Gasteiger partial charge in [0.05, 0.1) is 10.4 Å². The van der Waals surface area contributed by atoms with Gasteiger partial charge in [0.1, 0.15) is 0 Å². The monoisotopic (exact) mass is 228 g/mol. The molecule has 0 atom stereocenters. The van der Waals surface area contributed by atoms with E-state index >= 15 is 0 Å². The van der Waals surface area contributed by atoms with Crippen molar-refractivity contribution in [3.05, 3.63) is 0 Å². The predicted molar refractivity (Wildman–Crippen MR) is 65.6 cm³/mol. The van der Waals surface area contributed by atoms with Gasteiger partial charge >= 0.3 is 0 Å². The summed E-state index contributed by atoms with van der Waals surface area (Å²) in [5, 5.41) is 3.07. The van der Waals surface area contributed by atoms with Crippen molar-refractivity contribution in [2.45, 2.75) is 52.0 Å². The number of rotatable bonds is 5. The highest BCUT2D eigenvalue weighted by atomic mass is 32.1. The van der Waals surface area contributed by atoms with Gasteiger partial charge in [-0.1, -0.05) is 26.1 Å². The fraction of sp³-hybridized carbons (Fsp3) is 0.818. The van der Waals surface area contributed by atoms with Crippen molar-refractivity contribution in [3.63, 3.8) is 0 Å². The van der Waals surface area contributed by atoms with E-state index in [9.17, 15) is 4.79 Å². The molecule has 0 saturated heterocycles. The minimum absolute atomic E-state index is 0.0150. The van der Waals surface area contributed by atoms with Crippen molar-refractivity contribution < 1.29 is 4.79 Å². The van der Waals surface area contributed by atoms with E-state index in [-0.39, 0.29) is 11.4 Å². The van der Waals surface area contributed by atoms with E-state index in [1.54, 1.807) is 0 Å². The summed E-state index contributed by atoms with van der Waals surface area (Å²) in [6.45, 7) is 6.20. The molecule has 0 unspecified atom stereocenters. The average Bonchev–Trinajstić information content (AvgIpc) is 2.98. The number of nitrogens with two attached hydrogens (primary N) is 1. The number of hydrogen-bond donors (Lipinski definition) is 2. The molecule has 0 spiro atoms. The highest BCUT2D eigenvalue weighted by molar-refractivity contribution is 7.80. The van der Waals surface area contributed by atoms with Gasteiger partial charge in [-0.2, -0.15) is 0 Å². The van der Waals surface area contributed by atoms with Crippen LogP contribution in [0.25, 0.3) is 0 Å². The summed E-state index contributed by atoms with van der Waals surface area (Å²) in [6.07, 6.45) is 3.45. The van der Waals surface area contributed by atoms with E-state index < -0.39 is 5.41 Å². The maximum atomic E-state index is 12.0. The lowest BCUT2D eigenvalue weighted by Gasteiger charge is -2.30. The largest absolute Gasteiger partial charge is 0.392 e. The lowest BCUT2D eigenvalue weighted by atomic mass is 9.93. The van der Waals surface area contributed by atoms with Crippen molar-refractivity contribution in [2.24, 2.45) is 11.1 Å². The van der Waals surface area contributed by atoms with Crippen LogP contribution in [0.5, 0.6) is 0 Å². The van der Waals surface area contributed by atoms with Crippen LogP contribution in [-0.2, 0) is 4.79 Å². The van der Waals surface area contributed by atoms with E-state index in [4.69, 9.17) is 18.0 Å². The smallest absolute Gasteiger partial charge is 0.233 e. The molecule has 1 aliphatic carbocycles. The zero-order valence-corrected chi connectivity index (χ0v) is 10.5.